The summed E-state index contributed by atoms with van der Waals surface area (Å²) >= 11 is 0. The lowest BCUT2D eigenvalue weighted by molar-refractivity contribution is -0.152. The lowest BCUT2D eigenvalue weighted by atomic mass is 9.93. The van der Waals surface area contributed by atoms with Crippen LogP contribution >= 0.6 is 0 Å². The fraction of sp³-hybridized carbons (Fsp3) is 0.714. The third-order valence-electron chi connectivity index (χ3n) is 1.49. The van der Waals surface area contributed by atoms with Gasteiger partial charge in [-0.05, 0) is 13.8 Å². The second-order valence-corrected chi connectivity index (χ2v) is 3.20. The van der Waals surface area contributed by atoms with E-state index in [0.29, 0.717) is 0 Å². The number of aliphatic carboxylic acids is 1. The highest BCUT2D eigenvalue weighted by atomic mass is 16.7. The molecule has 13 heavy (non-hydrogen) atoms. The number of rotatable bonds is 5. The van der Waals surface area contributed by atoms with Crippen LogP contribution in [0.2, 0.25) is 0 Å². The van der Waals surface area contributed by atoms with Crippen molar-refractivity contribution in [1.82, 2.24) is 5.48 Å². The first-order valence-electron chi connectivity index (χ1n) is 3.74. The Kier molecular flexibility index (Phi) is 4.36. The highest BCUT2D eigenvalue weighted by molar-refractivity contribution is 5.81. The number of carbonyl (C=O) groups excluding carboxylic acids is 1. The fourth-order valence-corrected chi connectivity index (χ4v) is 0.394. The van der Waals surface area contributed by atoms with E-state index in [1.54, 1.807) is 13.8 Å². The van der Waals surface area contributed by atoms with Crippen LogP contribution in [0.3, 0.4) is 0 Å². The Labute approximate surface area is 76.0 Å². The first-order chi connectivity index (χ1) is 5.90. The van der Waals surface area contributed by atoms with Gasteiger partial charge in [0.25, 0.3) is 0 Å². The molecule has 0 heterocycles. The van der Waals surface area contributed by atoms with Crippen LogP contribution < -0.4 is 11.2 Å². The third kappa shape index (κ3) is 4.44. The van der Waals surface area contributed by atoms with Crippen LogP contribution in [0.25, 0.3) is 0 Å². The van der Waals surface area contributed by atoms with Crippen molar-refractivity contribution in [3.8, 4) is 0 Å². The molecule has 6 heteroatoms. The maximum Gasteiger partial charge on any atom is 0.332 e. The maximum absolute atomic E-state index is 11.2. The van der Waals surface area contributed by atoms with Crippen LogP contribution in [0.1, 0.15) is 13.8 Å². The summed E-state index contributed by atoms with van der Waals surface area (Å²) in [5.74, 6) is -1.58. The minimum absolute atomic E-state index is 0.162. The van der Waals surface area contributed by atoms with Crippen LogP contribution in [-0.4, -0.2) is 30.1 Å². The summed E-state index contributed by atoms with van der Waals surface area (Å²) in [5.41, 5.74) is 6.56. The fourth-order valence-electron chi connectivity index (χ4n) is 0.394. The molecule has 0 bridgehead atoms. The number of nitrogens with one attached hydrogen (secondary N) is 1. The summed E-state index contributed by atoms with van der Waals surface area (Å²) in [4.78, 5) is 25.6. The van der Waals surface area contributed by atoms with Crippen molar-refractivity contribution in [2.24, 2.45) is 11.1 Å². The summed E-state index contributed by atoms with van der Waals surface area (Å²) in [6.07, 6.45) is 0. The quantitative estimate of drug-likeness (QED) is 0.488. The molecule has 0 aromatic rings. The molecule has 4 N–H and O–H groups in total. The summed E-state index contributed by atoms with van der Waals surface area (Å²) in [7, 11) is 0. The molecule has 6 nitrogen and oxygen atoms in total. The summed E-state index contributed by atoms with van der Waals surface area (Å²) < 4.78 is 0. The Bertz CT molecular complexity index is 203. The Balaban J connectivity index is 3.81. The molecule has 0 aliphatic rings. The number of carbonyl (C=O) groups is 2. The molecule has 0 saturated heterocycles. The normalized spacial score (nSPS) is 11.0. The van der Waals surface area contributed by atoms with Crippen molar-refractivity contribution >= 4 is 11.9 Å². The minimum Gasteiger partial charge on any atom is -0.479 e. The van der Waals surface area contributed by atoms with E-state index in [1.807, 2.05) is 5.48 Å². The zero-order valence-corrected chi connectivity index (χ0v) is 7.66. The van der Waals surface area contributed by atoms with Crippen LogP contribution in [0.5, 0.6) is 0 Å². The molecule has 0 aromatic heterocycles. The SMILES string of the molecule is CC(C)(CN)C(=O)NOCC(=O)O. The van der Waals surface area contributed by atoms with Gasteiger partial charge in [0, 0.05) is 6.54 Å². The first-order valence-corrected chi connectivity index (χ1v) is 3.74. The Morgan fingerprint density at radius 3 is 2.46 bits per heavy atom. The number of carboxylic acids is 1. The van der Waals surface area contributed by atoms with Gasteiger partial charge in [0.2, 0.25) is 5.91 Å². The number of hydroxylamine groups is 1. The monoisotopic (exact) mass is 190 g/mol. The number of hydrogen-bond donors (Lipinski definition) is 3. The van der Waals surface area contributed by atoms with Crippen molar-refractivity contribution in [3.63, 3.8) is 0 Å². The van der Waals surface area contributed by atoms with Gasteiger partial charge in [0.15, 0.2) is 6.61 Å². The van der Waals surface area contributed by atoms with Gasteiger partial charge in [-0.2, -0.15) is 0 Å². The molecule has 0 unspecified atom stereocenters. The number of nitrogens with two attached hydrogens (primary N) is 1. The molecule has 76 valence electrons. The smallest absolute Gasteiger partial charge is 0.332 e. The van der Waals surface area contributed by atoms with Gasteiger partial charge >= 0.3 is 5.97 Å². The van der Waals surface area contributed by atoms with Crippen molar-refractivity contribution in [1.29, 1.82) is 0 Å². The van der Waals surface area contributed by atoms with Gasteiger partial charge in [0.1, 0.15) is 0 Å². The molecular formula is C7H14N2O4. The van der Waals surface area contributed by atoms with Crippen molar-refractivity contribution in [3.05, 3.63) is 0 Å². The zero-order chi connectivity index (χ0) is 10.5. The van der Waals surface area contributed by atoms with E-state index in [0.717, 1.165) is 0 Å². The molecule has 0 radical (unpaired) electrons. The first kappa shape index (κ1) is 11.9. The molecule has 0 fully saturated rings. The average molecular weight is 190 g/mol. The van der Waals surface area contributed by atoms with Gasteiger partial charge in [-0.3, -0.25) is 9.63 Å². The van der Waals surface area contributed by atoms with E-state index < -0.39 is 23.9 Å². The lowest BCUT2D eigenvalue weighted by Crippen LogP contribution is -2.42. The van der Waals surface area contributed by atoms with Gasteiger partial charge < -0.3 is 10.8 Å². The molecule has 1 amide bonds. The van der Waals surface area contributed by atoms with Gasteiger partial charge in [-0.25, -0.2) is 10.3 Å². The Hall–Kier alpha value is -1.14. The number of amides is 1. The third-order valence-corrected chi connectivity index (χ3v) is 1.49. The molecule has 0 rings (SSSR count). The second kappa shape index (κ2) is 4.78. The van der Waals surface area contributed by atoms with Crippen molar-refractivity contribution < 1.29 is 19.5 Å². The molecule has 0 spiro atoms. The maximum atomic E-state index is 11.2. The molecule has 0 aromatic carbocycles. The van der Waals surface area contributed by atoms with Crippen LogP contribution in [0.15, 0.2) is 0 Å². The van der Waals surface area contributed by atoms with Gasteiger partial charge in [-0.1, -0.05) is 0 Å². The highest BCUT2D eigenvalue weighted by Gasteiger charge is 2.25. The largest absolute Gasteiger partial charge is 0.479 e. The summed E-state index contributed by atoms with van der Waals surface area (Å²) in [5, 5.41) is 8.19. The van der Waals surface area contributed by atoms with E-state index in [-0.39, 0.29) is 6.54 Å². The number of hydrogen-bond acceptors (Lipinski definition) is 4. The molecular weight excluding hydrogens is 176 g/mol. The van der Waals surface area contributed by atoms with Gasteiger partial charge in [0.05, 0.1) is 5.41 Å². The van der Waals surface area contributed by atoms with E-state index in [1.165, 1.54) is 0 Å². The van der Waals surface area contributed by atoms with E-state index >= 15 is 0 Å². The summed E-state index contributed by atoms with van der Waals surface area (Å²) in [6, 6.07) is 0. The standard InChI is InChI=1S/C7H14N2O4/c1-7(2,4-8)6(12)9-13-3-5(10)11/h3-4,8H2,1-2H3,(H,9,12)(H,10,11). The Morgan fingerprint density at radius 2 is 2.08 bits per heavy atom. The van der Waals surface area contributed by atoms with Crippen LogP contribution in [0, 0.1) is 5.41 Å². The topological polar surface area (TPSA) is 102 Å². The second-order valence-electron chi connectivity index (χ2n) is 3.20. The summed E-state index contributed by atoms with van der Waals surface area (Å²) in [6.45, 7) is 2.86. The van der Waals surface area contributed by atoms with Crippen molar-refractivity contribution in [2.45, 2.75) is 13.8 Å². The predicted molar refractivity (Wildman–Crippen MR) is 44.6 cm³/mol. The molecule has 0 saturated carbocycles. The van der Waals surface area contributed by atoms with E-state index in [2.05, 4.69) is 4.84 Å². The molecule has 0 atom stereocenters. The minimum atomic E-state index is -1.15. The number of carboxylic acid groups (broad SMARTS) is 1. The van der Waals surface area contributed by atoms with Crippen LogP contribution in [0.4, 0.5) is 0 Å². The average Bonchev–Trinajstić information content (AvgIpc) is 2.03. The van der Waals surface area contributed by atoms with Crippen LogP contribution in [-0.2, 0) is 14.4 Å². The molecule has 0 aliphatic carbocycles. The van der Waals surface area contributed by atoms with Crippen molar-refractivity contribution in [2.75, 3.05) is 13.2 Å². The predicted octanol–water partition coefficient (Wildman–Crippen LogP) is -0.896. The Morgan fingerprint density at radius 1 is 1.54 bits per heavy atom. The molecule has 0 aliphatic heterocycles. The van der Waals surface area contributed by atoms with E-state index in [9.17, 15) is 9.59 Å². The van der Waals surface area contributed by atoms with Gasteiger partial charge in [-0.15, -0.1) is 0 Å². The highest BCUT2D eigenvalue weighted by Crippen LogP contribution is 2.11. The van der Waals surface area contributed by atoms with E-state index in [4.69, 9.17) is 10.8 Å². The zero-order valence-electron chi connectivity index (χ0n) is 7.66. The lowest BCUT2D eigenvalue weighted by Gasteiger charge is -2.20.